The monoisotopic (exact) mass is 253 g/mol. The quantitative estimate of drug-likeness (QED) is 0.833. The number of rotatable bonds is 4. The number of carboxylic acid groups (broad SMARTS) is 1. The Balaban J connectivity index is 2.06. The second kappa shape index (κ2) is 4.56. The maximum atomic E-state index is 12.3. The standard InChI is InChI=1S/C14H23NO3/c1-9(2)14(13(17)18)6-7-15(8-14)12(16)10(3)11-4-5-11/h9-11H,4-8H2,1-3H3,(H,17,18). The molecule has 1 saturated carbocycles. The lowest BCUT2D eigenvalue weighted by Gasteiger charge is -2.29. The first-order chi connectivity index (χ1) is 8.38. The molecule has 1 aliphatic carbocycles. The van der Waals surface area contributed by atoms with Crippen molar-refractivity contribution in [2.45, 2.75) is 40.0 Å². The Labute approximate surface area is 108 Å². The van der Waals surface area contributed by atoms with Crippen LogP contribution in [0.15, 0.2) is 0 Å². The SMILES string of the molecule is CC(C(=O)N1CCC(C(=O)O)(C(C)C)C1)C1CC1. The second-order valence-electron chi connectivity index (χ2n) is 6.25. The fourth-order valence-electron chi connectivity index (χ4n) is 3.00. The van der Waals surface area contributed by atoms with Crippen molar-refractivity contribution < 1.29 is 14.7 Å². The molecule has 18 heavy (non-hydrogen) atoms. The lowest BCUT2D eigenvalue weighted by molar-refractivity contribution is -0.151. The second-order valence-corrected chi connectivity index (χ2v) is 6.25. The zero-order chi connectivity index (χ0) is 13.5. The van der Waals surface area contributed by atoms with Gasteiger partial charge in [-0.1, -0.05) is 20.8 Å². The van der Waals surface area contributed by atoms with E-state index in [0.29, 0.717) is 25.4 Å². The van der Waals surface area contributed by atoms with E-state index < -0.39 is 11.4 Å². The summed E-state index contributed by atoms with van der Waals surface area (Å²) in [4.78, 5) is 25.6. The molecule has 0 aromatic heterocycles. The number of hydrogen-bond donors (Lipinski definition) is 1. The molecule has 2 fully saturated rings. The molecule has 4 nitrogen and oxygen atoms in total. The van der Waals surface area contributed by atoms with Gasteiger partial charge in [0, 0.05) is 19.0 Å². The van der Waals surface area contributed by atoms with Crippen LogP contribution in [-0.4, -0.2) is 35.0 Å². The minimum absolute atomic E-state index is 0.0593. The Morgan fingerprint density at radius 2 is 1.89 bits per heavy atom. The first kappa shape index (κ1) is 13.4. The molecule has 0 aromatic rings. The van der Waals surface area contributed by atoms with E-state index in [1.54, 1.807) is 4.90 Å². The fraction of sp³-hybridized carbons (Fsp3) is 0.857. The predicted molar refractivity (Wildman–Crippen MR) is 68.0 cm³/mol. The minimum atomic E-state index is -0.758. The molecule has 1 heterocycles. The van der Waals surface area contributed by atoms with Crippen molar-refractivity contribution in [3.63, 3.8) is 0 Å². The Morgan fingerprint density at radius 3 is 2.28 bits per heavy atom. The summed E-state index contributed by atoms with van der Waals surface area (Å²) in [5, 5.41) is 9.46. The van der Waals surface area contributed by atoms with Gasteiger partial charge in [0.25, 0.3) is 0 Å². The molecule has 4 heteroatoms. The molecule has 102 valence electrons. The largest absolute Gasteiger partial charge is 0.481 e. The van der Waals surface area contributed by atoms with Crippen LogP contribution in [-0.2, 0) is 9.59 Å². The van der Waals surface area contributed by atoms with Gasteiger partial charge >= 0.3 is 5.97 Å². The lowest BCUT2D eigenvalue weighted by atomic mass is 9.76. The van der Waals surface area contributed by atoms with Crippen LogP contribution < -0.4 is 0 Å². The van der Waals surface area contributed by atoms with Crippen LogP contribution >= 0.6 is 0 Å². The molecule has 1 saturated heterocycles. The summed E-state index contributed by atoms with van der Waals surface area (Å²) in [6.07, 6.45) is 2.88. The average molecular weight is 253 g/mol. The fourth-order valence-corrected chi connectivity index (χ4v) is 3.00. The van der Waals surface area contributed by atoms with Crippen molar-refractivity contribution >= 4 is 11.9 Å². The highest BCUT2D eigenvalue weighted by Crippen LogP contribution is 2.41. The summed E-state index contributed by atoms with van der Waals surface area (Å²) >= 11 is 0. The Morgan fingerprint density at radius 1 is 1.28 bits per heavy atom. The first-order valence-electron chi connectivity index (χ1n) is 6.90. The minimum Gasteiger partial charge on any atom is -0.481 e. The van der Waals surface area contributed by atoms with Gasteiger partial charge in [-0.2, -0.15) is 0 Å². The molecular formula is C14H23NO3. The summed E-state index contributed by atoms with van der Waals surface area (Å²) in [5.74, 6) is 0.0651. The van der Waals surface area contributed by atoms with Crippen LogP contribution in [0.3, 0.4) is 0 Å². The number of aliphatic carboxylic acids is 1. The maximum Gasteiger partial charge on any atom is 0.311 e. The predicted octanol–water partition coefficient (Wildman–Crippen LogP) is 1.99. The van der Waals surface area contributed by atoms with Crippen molar-refractivity contribution in [2.75, 3.05) is 13.1 Å². The third kappa shape index (κ3) is 2.13. The van der Waals surface area contributed by atoms with Gasteiger partial charge in [0.15, 0.2) is 0 Å². The molecule has 2 atom stereocenters. The third-order valence-corrected chi connectivity index (χ3v) is 4.86. The molecule has 2 rings (SSSR count). The highest BCUT2D eigenvalue weighted by Gasteiger charge is 2.49. The molecule has 2 unspecified atom stereocenters. The number of hydrogen-bond acceptors (Lipinski definition) is 2. The highest BCUT2D eigenvalue weighted by molar-refractivity contribution is 5.82. The van der Waals surface area contributed by atoms with Crippen LogP contribution in [0.2, 0.25) is 0 Å². The smallest absolute Gasteiger partial charge is 0.311 e. The van der Waals surface area contributed by atoms with E-state index in [1.807, 2.05) is 20.8 Å². The van der Waals surface area contributed by atoms with Crippen molar-refractivity contribution in [3.05, 3.63) is 0 Å². The van der Waals surface area contributed by atoms with E-state index >= 15 is 0 Å². The van der Waals surface area contributed by atoms with Gasteiger partial charge in [0.2, 0.25) is 5.91 Å². The van der Waals surface area contributed by atoms with E-state index in [9.17, 15) is 14.7 Å². The molecule has 1 amide bonds. The summed E-state index contributed by atoms with van der Waals surface area (Å²) in [5.41, 5.74) is -0.737. The molecular weight excluding hydrogens is 230 g/mol. The normalized spacial score (nSPS) is 29.7. The molecule has 0 radical (unpaired) electrons. The van der Waals surface area contributed by atoms with Gasteiger partial charge in [-0.05, 0) is 31.1 Å². The zero-order valence-corrected chi connectivity index (χ0v) is 11.5. The number of likely N-dealkylation sites (tertiary alicyclic amines) is 1. The number of nitrogens with zero attached hydrogens (tertiary/aromatic N) is 1. The van der Waals surface area contributed by atoms with Gasteiger partial charge < -0.3 is 10.0 Å². The van der Waals surface area contributed by atoms with Crippen LogP contribution in [0.4, 0.5) is 0 Å². The van der Waals surface area contributed by atoms with E-state index in [1.165, 1.54) is 0 Å². The Hall–Kier alpha value is -1.06. The van der Waals surface area contributed by atoms with Gasteiger partial charge in [-0.25, -0.2) is 0 Å². The maximum absolute atomic E-state index is 12.3. The molecule has 0 bridgehead atoms. The van der Waals surface area contributed by atoms with E-state index in [0.717, 1.165) is 12.8 Å². The van der Waals surface area contributed by atoms with Gasteiger partial charge in [0.05, 0.1) is 5.41 Å². The van der Waals surface area contributed by atoms with Crippen LogP contribution in [0, 0.1) is 23.2 Å². The Bertz CT molecular complexity index is 362. The van der Waals surface area contributed by atoms with Crippen LogP contribution in [0.25, 0.3) is 0 Å². The Kier molecular flexibility index (Phi) is 3.39. The van der Waals surface area contributed by atoms with Crippen LogP contribution in [0.1, 0.15) is 40.0 Å². The topological polar surface area (TPSA) is 57.6 Å². The van der Waals surface area contributed by atoms with Gasteiger partial charge in [-0.3, -0.25) is 9.59 Å². The lowest BCUT2D eigenvalue weighted by Crippen LogP contribution is -2.42. The summed E-state index contributed by atoms with van der Waals surface area (Å²) in [6.45, 7) is 6.84. The first-order valence-corrected chi connectivity index (χ1v) is 6.90. The summed E-state index contributed by atoms with van der Waals surface area (Å²) < 4.78 is 0. The molecule has 1 aliphatic heterocycles. The number of carbonyl (C=O) groups is 2. The molecule has 0 aromatic carbocycles. The van der Waals surface area contributed by atoms with Gasteiger partial charge in [-0.15, -0.1) is 0 Å². The van der Waals surface area contributed by atoms with Crippen molar-refractivity contribution in [3.8, 4) is 0 Å². The van der Waals surface area contributed by atoms with E-state index in [-0.39, 0.29) is 17.7 Å². The summed E-state index contributed by atoms with van der Waals surface area (Å²) in [7, 11) is 0. The van der Waals surface area contributed by atoms with Crippen LogP contribution in [0.5, 0.6) is 0 Å². The van der Waals surface area contributed by atoms with E-state index in [2.05, 4.69) is 0 Å². The number of carbonyl (C=O) groups excluding carboxylic acids is 1. The molecule has 0 spiro atoms. The molecule has 1 N–H and O–H groups in total. The van der Waals surface area contributed by atoms with Crippen molar-refractivity contribution in [1.29, 1.82) is 0 Å². The van der Waals surface area contributed by atoms with E-state index in [4.69, 9.17) is 0 Å². The number of amides is 1. The molecule has 2 aliphatic rings. The van der Waals surface area contributed by atoms with Gasteiger partial charge in [0.1, 0.15) is 0 Å². The number of carboxylic acids is 1. The third-order valence-electron chi connectivity index (χ3n) is 4.86. The average Bonchev–Trinajstić information content (AvgIpc) is 3.05. The zero-order valence-electron chi connectivity index (χ0n) is 11.5. The van der Waals surface area contributed by atoms with Crippen molar-refractivity contribution in [2.24, 2.45) is 23.2 Å². The van der Waals surface area contributed by atoms with Crippen molar-refractivity contribution in [1.82, 2.24) is 4.90 Å². The highest BCUT2D eigenvalue weighted by atomic mass is 16.4. The summed E-state index contributed by atoms with van der Waals surface area (Å²) in [6, 6.07) is 0.